The number of aliphatic hydroxyl groups excluding tert-OH is 1. The molecule has 0 aliphatic heterocycles. The van der Waals surface area contributed by atoms with Gasteiger partial charge in [0.2, 0.25) is 0 Å². The average molecular weight is 652 g/mol. The Morgan fingerprint density at radius 2 is 1.64 bits per heavy atom. The Bertz CT molecular complexity index is 2020. The Morgan fingerprint density at radius 1 is 0.978 bits per heavy atom. The molecule has 8 nitrogen and oxygen atoms in total. The topological polar surface area (TPSA) is 107 Å². The second kappa shape index (κ2) is 11.7. The summed E-state index contributed by atoms with van der Waals surface area (Å²) in [6.07, 6.45) is -2.96. The molecular weight excluding hydrogens is 628 g/mol. The molecule has 3 aromatic carbocycles. The van der Waals surface area contributed by atoms with Crippen LogP contribution in [-0.4, -0.2) is 40.9 Å². The predicted octanol–water partition coefficient (Wildman–Crippen LogP) is 7.13. The third-order valence-electron chi connectivity index (χ3n) is 6.80. The second-order valence-electron chi connectivity index (χ2n) is 9.96. The van der Waals surface area contributed by atoms with Crippen molar-refractivity contribution < 1.29 is 49.0 Å². The first kappa shape index (κ1) is 31.8. The average Bonchev–Trinajstić information content (AvgIpc) is 3.55. The molecule has 0 bridgehead atoms. The van der Waals surface area contributed by atoms with Gasteiger partial charge in [-0.05, 0) is 60.0 Å². The van der Waals surface area contributed by atoms with Crippen LogP contribution in [-0.2, 0) is 22.6 Å². The van der Waals surface area contributed by atoms with Crippen LogP contribution in [0, 0.1) is 19.7 Å². The van der Waals surface area contributed by atoms with Gasteiger partial charge >= 0.3 is 12.8 Å². The smallest absolute Gasteiger partial charge is 0.434 e. The lowest BCUT2D eigenvalue weighted by molar-refractivity contribution is -0.141. The Morgan fingerprint density at radius 3 is 2.24 bits per heavy atom. The summed E-state index contributed by atoms with van der Waals surface area (Å²) in [5.41, 5.74) is 0.296. The maximum atomic E-state index is 14.7. The molecule has 45 heavy (non-hydrogen) atoms. The summed E-state index contributed by atoms with van der Waals surface area (Å²) < 4.78 is 117. The van der Waals surface area contributed by atoms with E-state index in [1.54, 1.807) is 12.1 Å². The first-order valence-corrected chi connectivity index (χ1v) is 14.9. The summed E-state index contributed by atoms with van der Waals surface area (Å²) in [6, 6.07) is 12.0. The van der Waals surface area contributed by atoms with Gasteiger partial charge in [-0.3, -0.25) is 0 Å². The molecule has 5 aromatic rings. The number of benzene rings is 3. The first-order chi connectivity index (χ1) is 21.1. The van der Waals surface area contributed by atoms with Crippen molar-refractivity contribution in [3.63, 3.8) is 0 Å². The zero-order valence-corrected chi connectivity index (χ0v) is 24.5. The monoisotopic (exact) mass is 651 g/mol. The fraction of sp³-hybridized carbons (Fsp3) is 0.200. The number of oxazole rings is 1. The largest absolute Gasteiger partial charge is 0.440 e. The Labute approximate surface area is 252 Å². The maximum absolute atomic E-state index is 14.7. The van der Waals surface area contributed by atoms with Crippen molar-refractivity contribution >= 4 is 9.84 Å². The highest BCUT2D eigenvalue weighted by Gasteiger charge is 2.35. The molecule has 5 rings (SSSR count). The van der Waals surface area contributed by atoms with Gasteiger partial charge in [0.05, 0.1) is 17.2 Å². The van der Waals surface area contributed by atoms with Crippen molar-refractivity contribution in [2.24, 2.45) is 0 Å². The summed E-state index contributed by atoms with van der Waals surface area (Å²) in [5, 5.41) is 9.66. The lowest BCUT2D eigenvalue weighted by atomic mass is 9.97. The Kier molecular flexibility index (Phi) is 8.27. The van der Waals surface area contributed by atoms with Crippen molar-refractivity contribution in [3.05, 3.63) is 89.6 Å². The molecule has 2 heterocycles. The summed E-state index contributed by atoms with van der Waals surface area (Å²) in [5.74, 6) is -1.80. The van der Waals surface area contributed by atoms with E-state index in [9.17, 15) is 39.9 Å². The summed E-state index contributed by atoms with van der Waals surface area (Å²) in [4.78, 5) is 7.95. The number of halogens is 6. The van der Waals surface area contributed by atoms with E-state index in [1.807, 2.05) is 0 Å². The van der Waals surface area contributed by atoms with E-state index in [0.717, 1.165) is 24.6 Å². The Hall–Kier alpha value is -4.63. The van der Waals surface area contributed by atoms with E-state index in [4.69, 9.17) is 4.42 Å². The van der Waals surface area contributed by atoms with E-state index in [-0.39, 0.29) is 50.4 Å². The van der Waals surface area contributed by atoms with Crippen molar-refractivity contribution in [2.75, 3.05) is 6.26 Å². The molecule has 0 radical (unpaired) electrons. The van der Waals surface area contributed by atoms with Crippen LogP contribution >= 0.6 is 0 Å². The number of aromatic nitrogens is 3. The summed E-state index contributed by atoms with van der Waals surface area (Å²) in [6.45, 7) is -0.955. The van der Waals surface area contributed by atoms with Crippen molar-refractivity contribution in [2.45, 2.75) is 38.1 Å². The SMILES string of the molecule is Cc1nc(-c2cc(-c3ccc(CO)c(S(C)(=O)=O)c3)ccc2-n2cc(C(F)(F)F)nc2C)c(-c2ccc(OC(F)F)c(F)c2)o1. The minimum absolute atomic E-state index is 0.0238. The van der Waals surface area contributed by atoms with Gasteiger partial charge in [-0.1, -0.05) is 18.2 Å². The Balaban J connectivity index is 1.76. The van der Waals surface area contributed by atoms with E-state index < -0.39 is 46.5 Å². The van der Waals surface area contributed by atoms with Gasteiger partial charge in [0.15, 0.2) is 38.7 Å². The highest BCUT2D eigenvalue weighted by molar-refractivity contribution is 7.90. The van der Waals surface area contributed by atoms with E-state index in [2.05, 4.69) is 14.7 Å². The van der Waals surface area contributed by atoms with Gasteiger partial charge in [0.25, 0.3) is 0 Å². The molecule has 0 aliphatic carbocycles. The zero-order chi connectivity index (χ0) is 32.8. The standard InChI is InChI=1S/C30H23F6N3O5S/c1-15-37-26(30(34,35)36)13-39(15)23-8-6-17(18-4-5-20(14-40)25(12-18)45(3,41)42)10-21(23)27-28(43-16(2)38-27)19-7-9-24(22(31)11-19)44-29(32)33/h4-13,29,40H,14H2,1-3H3. The van der Waals surface area contributed by atoms with Crippen molar-refractivity contribution in [1.29, 1.82) is 0 Å². The number of aryl methyl sites for hydroxylation is 2. The highest BCUT2D eigenvalue weighted by atomic mass is 32.2. The number of alkyl halides is 5. The molecule has 1 N–H and O–H groups in total. The van der Waals surface area contributed by atoms with Gasteiger partial charge in [0, 0.05) is 30.5 Å². The fourth-order valence-corrected chi connectivity index (χ4v) is 5.77. The molecule has 0 saturated heterocycles. The highest BCUT2D eigenvalue weighted by Crippen LogP contribution is 2.40. The second-order valence-corrected chi connectivity index (χ2v) is 11.9. The summed E-state index contributed by atoms with van der Waals surface area (Å²) >= 11 is 0. The molecule has 236 valence electrons. The van der Waals surface area contributed by atoms with Crippen molar-refractivity contribution in [3.8, 4) is 45.1 Å². The molecule has 0 saturated carbocycles. The third-order valence-corrected chi connectivity index (χ3v) is 7.98. The van der Waals surface area contributed by atoms with Gasteiger partial charge in [-0.2, -0.15) is 22.0 Å². The van der Waals surface area contributed by atoms with Crippen LogP contribution in [0.15, 0.2) is 70.1 Å². The molecule has 0 fully saturated rings. The number of ether oxygens (including phenoxy) is 1. The lowest BCUT2D eigenvalue weighted by Crippen LogP contribution is -2.05. The minimum atomic E-state index is -4.75. The van der Waals surface area contributed by atoms with E-state index in [1.165, 1.54) is 48.7 Å². The van der Waals surface area contributed by atoms with Crippen LogP contribution in [0.5, 0.6) is 5.75 Å². The van der Waals surface area contributed by atoms with Gasteiger partial charge in [-0.25, -0.2) is 22.8 Å². The van der Waals surface area contributed by atoms with E-state index >= 15 is 0 Å². The maximum Gasteiger partial charge on any atom is 0.434 e. The first-order valence-electron chi connectivity index (χ1n) is 13.0. The van der Waals surface area contributed by atoms with Crippen molar-refractivity contribution in [1.82, 2.24) is 14.5 Å². The minimum Gasteiger partial charge on any atom is -0.440 e. The normalized spacial score (nSPS) is 12.2. The van der Waals surface area contributed by atoms with Crippen LogP contribution in [0.25, 0.3) is 39.4 Å². The molecule has 15 heteroatoms. The number of imidazole rings is 1. The molecule has 0 unspecified atom stereocenters. The third kappa shape index (κ3) is 6.44. The fourth-order valence-electron chi connectivity index (χ4n) is 4.82. The molecule has 0 atom stereocenters. The van der Waals surface area contributed by atoms with Gasteiger partial charge in [-0.15, -0.1) is 0 Å². The zero-order valence-electron chi connectivity index (χ0n) is 23.7. The van der Waals surface area contributed by atoms with Crippen LogP contribution in [0.1, 0.15) is 23.0 Å². The van der Waals surface area contributed by atoms with Crippen LogP contribution in [0.4, 0.5) is 26.3 Å². The van der Waals surface area contributed by atoms with Crippen LogP contribution in [0.3, 0.4) is 0 Å². The number of sulfone groups is 1. The number of nitrogens with zero attached hydrogens (tertiary/aromatic N) is 3. The lowest BCUT2D eigenvalue weighted by Gasteiger charge is -2.15. The van der Waals surface area contributed by atoms with Crippen LogP contribution < -0.4 is 4.74 Å². The number of hydrogen-bond donors (Lipinski definition) is 1. The molecule has 2 aromatic heterocycles. The number of hydrogen-bond acceptors (Lipinski definition) is 7. The van der Waals surface area contributed by atoms with Crippen LogP contribution in [0.2, 0.25) is 0 Å². The molecule has 0 spiro atoms. The number of aliphatic hydroxyl groups is 1. The quantitative estimate of drug-likeness (QED) is 0.178. The molecular formula is C30H23F6N3O5S. The van der Waals surface area contributed by atoms with Gasteiger partial charge in [0.1, 0.15) is 11.5 Å². The molecule has 0 aliphatic rings. The summed E-state index contributed by atoms with van der Waals surface area (Å²) in [7, 11) is -3.76. The predicted molar refractivity (Wildman–Crippen MR) is 150 cm³/mol. The van der Waals surface area contributed by atoms with E-state index in [0.29, 0.717) is 11.1 Å². The molecule has 0 amide bonds. The number of rotatable bonds is 8. The van der Waals surface area contributed by atoms with Gasteiger partial charge < -0.3 is 18.8 Å².